The van der Waals surface area contributed by atoms with Crippen LogP contribution in [0.3, 0.4) is 0 Å². The third-order valence-electron chi connectivity index (χ3n) is 5.67. The van der Waals surface area contributed by atoms with Crippen molar-refractivity contribution in [2.24, 2.45) is 0 Å². The monoisotopic (exact) mass is 431 g/mol. The van der Waals surface area contributed by atoms with Gasteiger partial charge in [0.15, 0.2) is 0 Å². The number of epoxide rings is 1. The Morgan fingerprint density at radius 2 is 1.44 bits per heavy atom. The molecule has 0 aliphatic carbocycles. The fourth-order valence-corrected chi connectivity index (χ4v) is 3.84. The molecule has 166 valence electrons. The van der Waals surface area contributed by atoms with Gasteiger partial charge in [0.05, 0.1) is 24.9 Å². The first-order valence-corrected chi connectivity index (χ1v) is 11.0. The Bertz CT molecular complexity index is 961. The topological polar surface area (TPSA) is 62.3 Å². The Morgan fingerprint density at radius 1 is 0.906 bits per heavy atom. The number of carbonyl (C=O) groups excluding carboxylic acids is 1. The molecule has 0 spiro atoms. The van der Waals surface area contributed by atoms with E-state index in [1.807, 2.05) is 91.0 Å². The van der Waals surface area contributed by atoms with Crippen molar-refractivity contribution in [2.75, 3.05) is 6.61 Å². The molecule has 32 heavy (non-hydrogen) atoms. The van der Waals surface area contributed by atoms with E-state index in [1.54, 1.807) is 4.90 Å². The van der Waals surface area contributed by atoms with Crippen molar-refractivity contribution in [3.05, 3.63) is 108 Å². The second-order valence-corrected chi connectivity index (χ2v) is 8.17. The van der Waals surface area contributed by atoms with Crippen molar-refractivity contribution >= 4 is 6.09 Å². The van der Waals surface area contributed by atoms with Gasteiger partial charge in [-0.1, -0.05) is 91.0 Å². The van der Waals surface area contributed by atoms with Crippen LogP contribution in [-0.4, -0.2) is 41.0 Å². The van der Waals surface area contributed by atoms with Crippen molar-refractivity contribution in [3.63, 3.8) is 0 Å². The van der Waals surface area contributed by atoms with Crippen LogP contribution in [-0.2, 0) is 29.0 Å². The van der Waals surface area contributed by atoms with Gasteiger partial charge in [-0.3, -0.25) is 4.90 Å². The molecule has 3 aromatic carbocycles. The van der Waals surface area contributed by atoms with E-state index >= 15 is 0 Å². The minimum Gasteiger partial charge on any atom is -0.445 e. The SMILES string of the molecule is O=C(OCc1ccccc1)N(Cc1ccccc1)[C@H](Cc1ccccc1)[C@H](O)CC1CO1. The summed E-state index contributed by atoms with van der Waals surface area (Å²) in [5.74, 6) is 0. The molecular formula is C27H29NO4. The smallest absolute Gasteiger partial charge is 0.410 e. The summed E-state index contributed by atoms with van der Waals surface area (Å²) in [5.41, 5.74) is 2.96. The van der Waals surface area contributed by atoms with Gasteiger partial charge in [0.1, 0.15) is 6.61 Å². The second kappa shape index (κ2) is 10.9. The molecule has 3 atom stereocenters. The molecule has 1 saturated heterocycles. The molecule has 0 radical (unpaired) electrons. The largest absolute Gasteiger partial charge is 0.445 e. The maximum absolute atomic E-state index is 13.3. The van der Waals surface area contributed by atoms with E-state index in [9.17, 15) is 9.90 Å². The first-order chi connectivity index (χ1) is 15.7. The average molecular weight is 432 g/mol. The number of amides is 1. The molecule has 0 aromatic heterocycles. The molecule has 1 heterocycles. The minimum absolute atomic E-state index is 0.0576. The number of hydrogen-bond acceptors (Lipinski definition) is 4. The van der Waals surface area contributed by atoms with Crippen LogP contribution in [0.4, 0.5) is 4.79 Å². The highest BCUT2D eigenvalue weighted by atomic mass is 16.6. The highest BCUT2D eigenvalue weighted by molar-refractivity contribution is 5.68. The lowest BCUT2D eigenvalue weighted by atomic mass is 9.96. The van der Waals surface area contributed by atoms with Gasteiger partial charge in [-0.15, -0.1) is 0 Å². The van der Waals surface area contributed by atoms with Gasteiger partial charge in [0, 0.05) is 13.0 Å². The van der Waals surface area contributed by atoms with Crippen LogP contribution in [0, 0.1) is 0 Å². The van der Waals surface area contributed by atoms with Gasteiger partial charge in [0.2, 0.25) is 0 Å². The lowest BCUT2D eigenvalue weighted by molar-refractivity contribution is 0.0206. The number of benzene rings is 3. The van der Waals surface area contributed by atoms with Crippen molar-refractivity contribution in [3.8, 4) is 0 Å². The van der Waals surface area contributed by atoms with E-state index in [-0.39, 0.29) is 12.7 Å². The quantitative estimate of drug-likeness (QED) is 0.477. The van der Waals surface area contributed by atoms with E-state index in [0.717, 1.165) is 16.7 Å². The van der Waals surface area contributed by atoms with Gasteiger partial charge in [0.25, 0.3) is 0 Å². The fraction of sp³-hybridized carbons (Fsp3) is 0.296. The average Bonchev–Trinajstić information content (AvgIpc) is 3.65. The second-order valence-electron chi connectivity index (χ2n) is 8.17. The molecule has 5 nitrogen and oxygen atoms in total. The molecule has 0 saturated carbocycles. The molecule has 1 N–H and O–H groups in total. The van der Waals surface area contributed by atoms with Gasteiger partial charge < -0.3 is 14.6 Å². The summed E-state index contributed by atoms with van der Waals surface area (Å²) < 4.78 is 11.0. The summed E-state index contributed by atoms with van der Waals surface area (Å²) in [6.45, 7) is 1.20. The van der Waals surface area contributed by atoms with Crippen LogP contribution >= 0.6 is 0 Å². The lowest BCUT2D eigenvalue weighted by Crippen LogP contribution is -2.48. The first kappa shape index (κ1) is 22.1. The third kappa shape index (κ3) is 6.42. The molecule has 1 fully saturated rings. The molecular weight excluding hydrogens is 402 g/mol. The maximum Gasteiger partial charge on any atom is 0.410 e. The molecule has 1 unspecified atom stereocenters. The summed E-state index contributed by atoms with van der Waals surface area (Å²) in [7, 11) is 0. The molecule has 0 bridgehead atoms. The Morgan fingerprint density at radius 3 is 2.00 bits per heavy atom. The number of nitrogens with zero attached hydrogens (tertiary/aromatic N) is 1. The van der Waals surface area contributed by atoms with Crippen LogP contribution in [0.25, 0.3) is 0 Å². The van der Waals surface area contributed by atoms with E-state index in [0.29, 0.717) is 26.0 Å². The summed E-state index contributed by atoms with van der Waals surface area (Å²) in [5, 5.41) is 11.1. The number of ether oxygens (including phenoxy) is 2. The van der Waals surface area contributed by atoms with Crippen molar-refractivity contribution in [1.82, 2.24) is 4.90 Å². The normalized spacial score (nSPS) is 16.7. The molecule has 1 aliphatic rings. The number of aliphatic hydroxyl groups is 1. The van der Waals surface area contributed by atoms with Gasteiger partial charge in [-0.25, -0.2) is 4.79 Å². The summed E-state index contributed by atoms with van der Waals surface area (Å²) in [4.78, 5) is 15.0. The Kier molecular flexibility index (Phi) is 7.54. The predicted octanol–water partition coefficient (Wildman–Crippen LogP) is 4.59. The Balaban J connectivity index is 1.57. The predicted molar refractivity (Wildman–Crippen MR) is 123 cm³/mol. The standard InChI is InChI=1S/C27H29NO4/c29-26(17-24-20-31-24)25(16-21-10-4-1-5-11-21)28(18-22-12-6-2-7-13-22)27(30)32-19-23-14-8-3-9-15-23/h1-15,24-26,29H,16-20H2/t24?,25-,26-/m1/s1. The number of rotatable bonds is 10. The zero-order valence-electron chi connectivity index (χ0n) is 18.0. The maximum atomic E-state index is 13.3. The van der Waals surface area contributed by atoms with Crippen LogP contribution in [0.15, 0.2) is 91.0 Å². The molecule has 4 rings (SSSR count). The number of aliphatic hydroxyl groups excluding tert-OH is 1. The molecule has 1 aliphatic heterocycles. The minimum atomic E-state index is -0.726. The first-order valence-electron chi connectivity index (χ1n) is 11.0. The van der Waals surface area contributed by atoms with Crippen LogP contribution < -0.4 is 0 Å². The molecule has 5 heteroatoms. The molecule has 3 aromatic rings. The van der Waals surface area contributed by atoms with Crippen LogP contribution in [0.5, 0.6) is 0 Å². The van der Waals surface area contributed by atoms with Crippen LogP contribution in [0.2, 0.25) is 0 Å². The van der Waals surface area contributed by atoms with Crippen LogP contribution in [0.1, 0.15) is 23.1 Å². The lowest BCUT2D eigenvalue weighted by Gasteiger charge is -2.34. The van der Waals surface area contributed by atoms with Gasteiger partial charge >= 0.3 is 6.09 Å². The third-order valence-corrected chi connectivity index (χ3v) is 5.67. The summed E-state index contributed by atoms with van der Waals surface area (Å²) >= 11 is 0. The van der Waals surface area contributed by atoms with Gasteiger partial charge in [-0.05, 0) is 23.1 Å². The van der Waals surface area contributed by atoms with E-state index in [1.165, 1.54) is 0 Å². The Hall–Kier alpha value is -3.15. The Labute approximate surface area is 189 Å². The fourth-order valence-electron chi connectivity index (χ4n) is 3.84. The van der Waals surface area contributed by atoms with E-state index in [4.69, 9.17) is 9.47 Å². The van der Waals surface area contributed by atoms with Crippen molar-refractivity contribution in [1.29, 1.82) is 0 Å². The number of carbonyl (C=O) groups is 1. The van der Waals surface area contributed by atoms with Crippen molar-refractivity contribution in [2.45, 2.75) is 44.2 Å². The molecule has 1 amide bonds. The zero-order valence-corrected chi connectivity index (χ0v) is 18.0. The number of hydrogen-bond donors (Lipinski definition) is 1. The van der Waals surface area contributed by atoms with Gasteiger partial charge in [-0.2, -0.15) is 0 Å². The highest BCUT2D eigenvalue weighted by Crippen LogP contribution is 2.24. The van der Waals surface area contributed by atoms with E-state index < -0.39 is 18.2 Å². The highest BCUT2D eigenvalue weighted by Gasteiger charge is 2.35. The van der Waals surface area contributed by atoms with E-state index in [2.05, 4.69) is 0 Å². The summed E-state index contributed by atoms with van der Waals surface area (Å²) in [6, 6.07) is 28.9. The zero-order chi connectivity index (χ0) is 22.2. The van der Waals surface area contributed by atoms with Crippen molar-refractivity contribution < 1.29 is 19.4 Å². The summed E-state index contributed by atoms with van der Waals surface area (Å²) in [6.07, 6.45) is -0.0798.